The number of rotatable bonds is 5. The monoisotopic (exact) mass is 301 g/mol. The quantitative estimate of drug-likeness (QED) is 0.852. The number of carbonyl (C=O) groups is 1. The van der Waals surface area contributed by atoms with Crippen molar-refractivity contribution in [3.05, 3.63) is 46.9 Å². The van der Waals surface area contributed by atoms with Crippen LogP contribution in [0, 0.1) is 0 Å². The number of amides is 1. The summed E-state index contributed by atoms with van der Waals surface area (Å²) in [6.07, 6.45) is 2.70. The number of benzene rings is 1. The Hall–Kier alpha value is -1.72. The fourth-order valence-corrected chi connectivity index (χ4v) is 3.46. The molecule has 4 nitrogen and oxygen atoms in total. The third-order valence-corrected chi connectivity index (χ3v) is 4.68. The number of aromatic nitrogens is 1. The Labute approximate surface area is 129 Å². The molecule has 0 saturated carbocycles. The molecule has 5 heteroatoms. The molecule has 1 amide bonds. The summed E-state index contributed by atoms with van der Waals surface area (Å²) >= 11 is 1.65. The van der Waals surface area contributed by atoms with Gasteiger partial charge in [-0.2, -0.15) is 0 Å². The van der Waals surface area contributed by atoms with E-state index in [2.05, 4.69) is 16.8 Å². The minimum absolute atomic E-state index is 0.0286. The van der Waals surface area contributed by atoms with Gasteiger partial charge in [0.05, 0.1) is 12.6 Å². The maximum absolute atomic E-state index is 12.7. The van der Waals surface area contributed by atoms with Crippen LogP contribution in [-0.2, 0) is 11.3 Å². The zero-order valence-electron chi connectivity index (χ0n) is 12.1. The third kappa shape index (κ3) is 2.99. The van der Waals surface area contributed by atoms with Gasteiger partial charge in [0.2, 0.25) is 5.91 Å². The van der Waals surface area contributed by atoms with Crippen molar-refractivity contribution in [2.24, 2.45) is 0 Å². The average Bonchev–Trinajstić information content (AvgIpc) is 3.15. The third-order valence-electron chi connectivity index (χ3n) is 3.91. The van der Waals surface area contributed by atoms with E-state index in [1.165, 1.54) is 0 Å². The van der Waals surface area contributed by atoms with E-state index in [9.17, 15) is 4.79 Å². The molecule has 1 aliphatic rings. The van der Waals surface area contributed by atoms with Gasteiger partial charge in [-0.25, -0.2) is 4.98 Å². The summed E-state index contributed by atoms with van der Waals surface area (Å²) in [4.78, 5) is 21.2. The van der Waals surface area contributed by atoms with Crippen LogP contribution in [0.15, 0.2) is 41.9 Å². The lowest BCUT2D eigenvalue weighted by molar-refractivity contribution is -0.121. The Morgan fingerprint density at radius 2 is 2.19 bits per heavy atom. The molecule has 0 N–H and O–H groups in total. The predicted octanol–water partition coefficient (Wildman–Crippen LogP) is 2.77. The van der Waals surface area contributed by atoms with E-state index in [1.807, 2.05) is 46.8 Å². The van der Waals surface area contributed by atoms with E-state index in [0.29, 0.717) is 0 Å². The first-order chi connectivity index (χ1) is 10.3. The van der Waals surface area contributed by atoms with E-state index < -0.39 is 0 Å². The van der Waals surface area contributed by atoms with Crippen LogP contribution in [0.25, 0.3) is 0 Å². The zero-order valence-corrected chi connectivity index (χ0v) is 12.9. The Morgan fingerprint density at radius 1 is 1.38 bits per heavy atom. The van der Waals surface area contributed by atoms with Gasteiger partial charge < -0.3 is 4.90 Å². The number of nitrogens with zero attached hydrogens (tertiary/aromatic N) is 3. The number of hydrogen-bond donors (Lipinski definition) is 0. The number of para-hydroxylation sites is 1. The Balaban J connectivity index is 1.73. The second-order valence-electron chi connectivity index (χ2n) is 5.12. The molecule has 21 heavy (non-hydrogen) atoms. The highest BCUT2D eigenvalue weighted by Crippen LogP contribution is 2.25. The van der Waals surface area contributed by atoms with Gasteiger partial charge >= 0.3 is 0 Å². The molecule has 1 aromatic heterocycles. The zero-order chi connectivity index (χ0) is 14.7. The summed E-state index contributed by atoms with van der Waals surface area (Å²) < 4.78 is 0. The number of hydrogen-bond acceptors (Lipinski definition) is 4. The first kappa shape index (κ1) is 14.2. The molecule has 1 aliphatic heterocycles. The number of thiazole rings is 1. The van der Waals surface area contributed by atoms with Gasteiger partial charge in [-0.05, 0) is 25.1 Å². The van der Waals surface area contributed by atoms with Crippen LogP contribution < -0.4 is 4.90 Å². The molecule has 0 aliphatic carbocycles. The van der Waals surface area contributed by atoms with Crippen LogP contribution in [0.3, 0.4) is 0 Å². The van der Waals surface area contributed by atoms with Gasteiger partial charge in [-0.15, -0.1) is 11.3 Å². The van der Waals surface area contributed by atoms with Crippen molar-refractivity contribution in [1.82, 2.24) is 9.88 Å². The second-order valence-corrected chi connectivity index (χ2v) is 6.10. The molecule has 0 spiro atoms. The average molecular weight is 301 g/mol. The Bertz CT molecular complexity index is 585. The first-order valence-electron chi connectivity index (χ1n) is 7.28. The molecule has 1 atom stereocenters. The molecule has 1 saturated heterocycles. The van der Waals surface area contributed by atoms with Gasteiger partial charge in [0.25, 0.3) is 0 Å². The van der Waals surface area contributed by atoms with E-state index in [0.717, 1.165) is 36.8 Å². The summed E-state index contributed by atoms with van der Waals surface area (Å²) in [6, 6.07) is 9.89. The standard InChI is InChI=1S/C16H19N3OS/c1-2-18(12-15-17-9-11-21-15)14-8-10-19(16(14)20)13-6-4-3-5-7-13/h3-7,9,11,14H,2,8,10,12H2,1H3/t14-/m1/s1. The fourth-order valence-electron chi connectivity index (χ4n) is 2.82. The smallest absolute Gasteiger partial charge is 0.244 e. The first-order valence-corrected chi connectivity index (χ1v) is 8.16. The Morgan fingerprint density at radius 3 is 2.86 bits per heavy atom. The van der Waals surface area contributed by atoms with E-state index in [-0.39, 0.29) is 11.9 Å². The van der Waals surface area contributed by atoms with Crippen molar-refractivity contribution >= 4 is 22.9 Å². The summed E-state index contributed by atoms with van der Waals surface area (Å²) in [6.45, 7) is 4.51. The predicted molar refractivity (Wildman–Crippen MR) is 85.4 cm³/mol. The molecule has 0 radical (unpaired) electrons. The van der Waals surface area contributed by atoms with Crippen molar-refractivity contribution in [3.63, 3.8) is 0 Å². The van der Waals surface area contributed by atoms with Crippen molar-refractivity contribution in [2.75, 3.05) is 18.0 Å². The van der Waals surface area contributed by atoms with Crippen LogP contribution in [0.2, 0.25) is 0 Å². The highest BCUT2D eigenvalue weighted by molar-refractivity contribution is 7.09. The molecule has 0 bridgehead atoms. The minimum Gasteiger partial charge on any atom is -0.311 e. The van der Waals surface area contributed by atoms with Gasteiger partial charge in [-0.1, -0.05) is 25.1 Å². The Kier molecular flexibility index (Phi) is 4.31. The summed E-state index contributed by atoms with van der Waals surface area (Å²) in [5.41, 5.74) is 0.996. The molecule has 110 valence electrons. The highest BCUT2D eigenvalue weighted by Gasteiger charge is 2.36. The largest absolute Gasteiger partial charge is 0.311 e. The van der Waals surface area contributed by atoms with E-state index >= 15 is 0 Å². The SMILES string of the molecule is CCN(Cc1nccs1)[C@@H]1CCN(c2ccccc2)C1=O. The highest BCUT2D eigenvalue weighted by atomic mass is 32.1. The van der Waals surface area contributed by atoms with Crippen molar-refractivity contribution in [2.45, 2.75) is 25.9 Å². The van der Waals surface area contributed by atoms with E-state index in [1.54, 1.807) is 11.3 Å². The molecule has 1 fully saturated rings. The van der Waals surface area contributed by atoms with Gasteiger partial charge in [0.15, 0.2) is 0 Å². The molecule has 2 heterocycles. The molecular formula is C16H19N3OS. The topological polar surface area (TPSA) is 36.4 Å². The lowest BCUT2D eigenvalue weighted by Gasteiger charge is -2.25. The van der Waals surface area contributed by atoms with Crippen LogP contribution >= 0.6 is 11.3 Å². The van der Waals surface area contributed by atoms with Gasteiger partial charge in [0, 0.05) is 23.8 Å². The molecule has 2 aromatic rings. The summed E-state index contributed by atoms with van der Waals surface area (Å²) in [5, 5.41) is 3.05. The van der Waals surface area contributed by atoms with Crippen LogP contribution in [-0.4, -0.2) is 34.9 Å². The van der Waals surface area contributed by atoms with Crippen LogP contribution in [0.4, 0.5) is 5.69 Å². The maximum atomic E-state index is 12.7. The van der Waals surface area contributed by atoms with Crippen molar-refractivity contribution in [1.29, 1.82) is 0 Å². The number of carbonyl (C=O) groups excluding carboxylic acids is 1. The van der Waals surface area contributed by atoms with Crippen molar-refractivity contribution in [3.8, 4) is 0 Å². The van der Waals surface area contributed by atoms with Crippen LogP contribution in [0.5, 0.6) is 0 Å². The van der Waals surface area contributed by atoms with Crippen LogP contribution in [0.1, 0.15) is 18.4 Å². The minimum atomic E-state index is -0.0286. The summed E-state index contributed by atoms with van der Waals surface area (Å²) in [7, 11) is 0. The number of likely N-dealkylation sites (N-methyl/N-ethyl adjacent to an activating group) is 1. The molecule has 0 unspecified atom stereocenters. The van der Waals surface area contributed by atoms with E-state index in [4.69, 9.17) is 0 Å². The maximum Gasteiger partial charge on any atom is 0.244 e. The second kappa shape index (κ2) is 6.37. The number of anilines is 1. The van der Waals surface area contributed by atoms with Gasteiger partial charge in [-0.3, -0.25) is 9.69 Å². The molecular weight excluding hydrogens is 282 g/mol. The lowest BCUT2D eigenvalue weighted by atomic mass is 10.2. The molecule has 3 rings (SSSR count). The fraction of sp³-hybridized carbons (Fsp3) is 0.375. The lowest BCUT2D eigenvalue weighted by Crippen LogP contribution is -2.41. The summed E-state index contributed by atoms with van der Waals surface area (Å²) in [5.74, 6) is 0.208. The normalized spacial score (nSPS) is 18.7. The van der Waals surface area contributed by atoms with Gasteiger partial charge in [0.1, 0.15) is 5.01 Å². The molecule has 1 aromatic carbocycles. The van der Waals surface area contributed by atoms with Crippen molar-refractivity contribution < 1.29 is 4.79 Å².